The lowest BCUT2D eigenvalue weighted by Gasteiger charge is -2.09. The summed E-state index contributed by atoms with van der Waals surface area (Å²) in [5.41, 5.74) is 11.9. The van der Waals surface area contributed by atoms with Crippen LogP contribution in [0.2, 0.25) is 0 Å². The first-order valence-electron chi connectivity index (χ1n) is 4.38. The maximum absolute atomic E-state index is 11.5. The third kappa shape index (κ3) is 2.09. The standard InChI is InChI=1S/C9H15N3O/c1-2-3-7(10)6-4-12-5-8(11)9(6)13/h4-5,7H,2-3,10-11H2,1H3,(H,12,13)/t7-/m0/s1. The molecule has 0 aliphatic carbocycles. The second kappa shape index (κ2) is 4.09. The molecule has 0 saturated heterocycles. The van der Waals surface area contributed by atoms with Crippen molar-refractivity contribution in [2.45, 2.75) is 25.8 Å². The van der Waals surface area contributed by atoms with Gasteiger partial charge in [-0.05, 0) is 6.42 Å². The zero-order valence-corrected chi connectivity index (χ0v) is 7.71. The Kier molecular flexibility index (Phi) is 3.08. The van der Waals surface area contributed by atoms with Crippen LogP contribution in [0.5, 0.6) is 0 Å². The zero-order chi connectivity index (χ0) is 9.84. The Morgan fingerprint density at radius 3 is 2.85 bits per heavy atom. The van der Waals surface area contributed by atoms with Gasteiger partial charge >= 0.3 is 0 Å². The molecule has 1 heterocycles. The van der Waals surface area contributed by atoms with Gasteiger partial charge in [0.1, 0.15) is 0 Å². The molecule has 72 valence electrons. The van der Waals surface area contributed by atoms with E-state index in [4.69, 9.17) is 11.5 Å². The van der Waals surface area contributed by atoms with Crippen molar-refractivity contribution in [3.8, 4) is 0 Å². The number of aromatic amines is 1. The summed E-state index contributed by atoms with van der Waals surface area (Å²) in [5.74, 6) is 0. The molecule has 0 aliphatic rings. The molecular formula is C9H15N3O. The number of pyridine rings is 1. The molecule has 0 radical (unpaired) electrons. The van der Waals surface area contributed by atoms with Gasteiger partial charge in [0.15, 0.2) is 0 Å². The minimum atomic E-state index is -0.211. The highest BCUT2D eigenvalue weighted by atomic mass is 16.1. The summed E-state index contributed by atoms with van der Waals surface area (Å²) in [4.78, 5) is 14.3. The molecule has 0 aromatic carbocycles. The van der Waals surface area contributed by atoms with Crippen molar-refractivity contribution in [1.82, 2.24) is 4.98 Å². The Balaban J connectivity index is 3.01. The van der Waals surface area contributed by atoms with Gasteiger partial charge in [-0.1, -0.05) is 13.3 Å². The zero-order valence-electron chi connectivity index (χ0n) is 7.71. The lowest BCUT2D eigenvalue weighted by atomic mass is 10.0. The predicted molar refractivity (Wildman–Crippen MR) is 53.3 cm³/mol. The highest BCUT2D eigenvalue weighted by Gasteiger charge is 2.09. The summed E-state index contributed by atoms with van der Waals surface area (Å²) in [6, 6.07) is -0.211. The molecule has 0 unspecified atom stereocenters. The first-order chi connectivity index (χ1) is 6.16. The van der Waals surface area contributed by atoms with Crippen molar-refractivity contribution in [3.63, 3.8) is 0 Å². The monoisotopic (exact) mass is 181 g/mol. The number of hydrogen-bond acceptors (Lipinski definition) is 3. The van der Waals surface area contributed by atoms with Crippen molar-refractivity contribution in [2.24, 2.45) is 5.73 Å². The minimum Gasteiger partial charge on any atom is -0.394 e. The van der Waals surface area contributed by atoms with Crippen LogP contribution in [-0.2, 0) is 0 Å². The number of nitrogen functional groups attached to an aromatic ring is 1. The van der Waals surface area contributed by atoms with Crippen molar-refractivity contribution in [2.75, 3.05) is 5.73 Å². The largest absolute Gasteiger partial charge is 0.394 e. The average molecular weight is 181 g/mol. The van der Waals surface area contributed by atoms with Crippen LogP contribution < -0.4 is 16.9 Å². The smallest absolute Gasteiger partial charge is 0.209 e. The molecule has 1 aromatic heterocycles. The maximum Gasteiger partial charge on any atom is 0.209 e. The third-order valence-electron chi connectivity index (χ3n) is 2.00. The van der Waals surface area contributed by atoms with Crippen LogP contribution in [0.4, 0.5) is 5.69 Å². The Bertz CT molecular complexity index is 332. The van der Waals surface area contributed by atoms with Gasteiger partial charge in [0.05, 0.1) is 5.69 Å². The molecule has 0 spiro atoms. The van der Waals surface area contributed by atoms with E-state index in [9.17, 15) is 4.79 Å². The Morgan fingerprint density at radius 2 is 2.23 bits per heavy atom. The van der Waals surface area contributed by atoms with Gasteiger partial charge in [-0.2, -0.15) is 0 Å². The van der Waals surface area contributed by atoms with E-state index < -0.39 is 0 Å². The van der Waals surface area contributed by atoms with E-state index in [0.717, 1.165) is 12.8 Å². The number of nitrogens with two attached hydrogens (primary N) is 2. The lowest BCUT2D eigenvalue weighted by molar-refractivity contribution is 0.633. The SMILES string of the molecule is CCC[C@H](N)c1c[nH]cc(N)c1=O. The second-order valence-electron chi connectivity index (χ2n) is 3.09. The van der Waals surface area contributed by atoms with Gasteiger partial charge in [0, 0.05) is 24.0 Å². The number of anilines is 1. The van der Waals surface area contributed by atoms with Crippen LogP contribution in [0.3, 0.4) is 0 Å². The van der Waals surface area contributed by atoms with E-state index in [-0.39, 0.29) is 17.2 Å². The molecule has 1 atom stereocenters. The number of hydrogen-bond donors (Lipinski definition) is 3. The molecule has 1 aromatic rings. The fourth-order valence-electron chi connectivity index (χ4n) is 1.26. The number of aromatic nitrogens is 1. The summed E-state index contributed by atoms with van der Waals surface area (Å²) in [5, 5.41) is 0. The normalized spacial score (nSPS) is 12.8. The fourth-order valence-corrected chi connectivity index (χ4v) is 1.26. The van der Waals surface area contributed by atoms with E-state index in [1.165, 1.54) is 6.20 Å². The van der Waals surface area contributed by atoms with E-state index in [1.54, 1.807) is 6.20 Å². The fraction of sp³-hybridized carbons (Fsp3) is 0.444. The van der Waals surface area contributed by atoms with E-state index in [0.29, 0.717) is 5.56 Å². The number of H-pyrrole nitrogens is 1. The highest BCUT2D eigenvalue weighted by Crippen LogP contribution is 2.11. The highest BCUT2D eigenvalue weighted by molar-refractivity contribution is 5.38. The summed E-state index contributed by atoms with van der Waals surface area (Å²) in [6.07, 6.45) is 4.85. The van der Waals surface area contributed by atoms with Crippen LogP contribution >= 0.6 is 0 Å². The van der Waals surface area contributed by atoms with Crippen LogP contribution in [0.15, 0.2) is 17.2 Å². The molecule has 0 fully saturated rings. The molecule has 0 bridgehead atoms. The first kappa shape index (κ1) is 9.80. The van der Waals surface area contributed by atoms with Gasteiger partial charge in [-0.3, -0.25) is 4.79 Å². The van der Waals surface area contributed by atoms with Crippen LogP contribution in [-0.4, -0.2) is 4.98 Å². The van der Waals surface area contributed by atoms with Crippen molar-refractivity contribution in [1.29, 1.82) is 0 Å². The van der Waals surface area contributed by atoms with Gasteiger partial charge < -0.3 is 16.5 Å². The minimum absolute atomic E-state index is 0.153. The molecule has 4 heteroatoms. The molecule has 1 rings (SSSR count). The molecule has 0 amide bonds. The topological polar surface area (TPSA) is 84.9 Å². The average Bonchev–Trinajstić information content (AvgIpc) is 2.10. The quantitative estimate of drug-likeness (QED) is 0.643. The third-order valence-corrected chi connectivity index (χ3v) is 2.00. The van der Waals surface area contributed by atoms with Crippen molar-refractivity contribution < 1.29 is 0 Å². The second-order valence-corrected chi connectivity index (χ2v) is 3.09. The molecule has 13 heavy (non-hydrogen) atoms. The molecule has 4 nitrogen and oxygen atoms in total. The van der Waals surface area contributed by atoms with E-state index in [1.807, 2.05) is 6.92 Å². The summed E-state index contributed by atoms with van der Waals surface area (Å²) < 4.78 is 0. The van der Waals surface area contributed by atoms with Crippen LogP contribution in [0.1, 0.15) is 31.4 Å². The Morgan fingerprint density at radius 1 is 1.54 bits per heavy atom. The van der Waals surface area contributed by atoms with Crippen LogP contribution in [0, 0.1) is 0 Å². The molecular weight excluding hydrogens is 166 g/mol. The first-order valence-corrected chi connectivity index (χ1v) is 4.38. The van der Waals surface area contributed by atoms with E-state index in [2.05, 4.69) is 4.98 Å². The molecule has 0 aliphatic heterocycles. The van der Waals surface area contributed by atoms with Gasteiger partial charge in [0.25, 0.3) is 0 Å². The maximum atomic E-state index is 11.5. The van der Waals surface area contributed by atoms with Gasteiger partial charge in [0.2, 0.25) is 5.43 Å². The summed E-state index contributed by atoms with van der Waals surface area (Å²) >= 11 is 0. The van der Waals surface area contributed by atoms with E-state index >= 15 is 0 Å². The van der Waals surface area contributed by atoms with Gasteiger partial charge in [-0.25, -0.2) is 0 Å². The predicted octanol–water partition coefficient (Wildman–Crippen LogP) is 0.757. The number of rotatable bonds is 3. The Labute approximate surface area is 77.0 Å². The van der Waals surface area contributed by atoms with Crippen LogP contribution in [0.25, 0.3) is 0 Å². The molecule has 0 saturated carbocycles. The lowest BCUT2D eigenvalue weighted by Crippen LogP contribution is -2.22. The Hall–Kier alpha value is -1.29. The summed E-state index contributed by atoms with van der Waals surface area (Å²) in [6.45, 7) is 2.03. The van der Waals surface area contributed by atoms with Crippen molar-refractivity contribution in [3.05, 3.63) is 28.2 Å². The molecule has 5 N–H and O–H groups in total. The summed E-state index contributed by atoms with van der Waals surface area (Å²) in [7, 11) is 0. The van der Waals surface area contributed by atoms with Gasteiger partial charge in [-0.15, -0.1) is 0 Å². The van der Waals surface area contributed by atoms with Crippen molar-refractivity contribution >= 4 is 5.69 Å². The number of nitrogens with one attached hydrogen (secondary N) is 1.